The number of epoxide rings is 1. The average Bonchev–Trinajstić information content (AvgIpc) is 3.53. The van der Waals surface area contributed by atoms with E-state index in [2.05, 4.69) is 62.3 Å². The third kappa shape index (κ3) is 11.0. The van der Waals surface area contributed by atoms with E-state index in [1.165, 1.54) is 51.4 Å². The fourth-order valence-electron chi connectivity index (χ4n) is 10.5. The van der Waals surface area contributed by atoms with Gasteiger partial charge in [-0.1, -0.05) is 120 Å². The van der Waals surface area contributed by atoms with Gasteiger partial charge in [0.05, 0.1) is 23.4 Å². The molecule has 0 aromatic carbocycles. The number of hydrogen-bond donors (Lipinski definition) is 3. The molecule has 11 atom stereocenters. The lowest BCUT2D eigenvalue weighted by Gasteiger charge is -2.51. The van der Waals surface area contributed by atoms with E-state index in [0.717, 1.165) is 38.0 Å². The molecule has 1 heterocycles. The van der Waals surface area contributed by atoms with Crippen LogP contribution in [0.4, 0.5) is 0 Å². The molecule has 3 N–H and O–H groups in total. The Kier molecular flexibility index (Phi) is 14.7. The lowest BCUT2D eigenvalue weighted by molar-refractivity contribution is -0.194. The van der Waals surface area contributed by atoms with Gasteiger partial charge >= 0.3 is 0 Å². The molecule has 5 unspecified atom stereocenters. The highest BCUT2D eigenvalue weighted by Gasteiger charge is 2.76. The Bertz CT molecular complexity index is 986. The fraction of sp³-hybridized carbons (Fsp3) is 0.976. The minimum Gasteiger partial charge on any atom is -0.393 e. The smallest absolute Gasteiger partial charge is 0.152 e. The zero-order chi connectivity index (χ0) is 36.1. The largest absolute Gasteiger partial charge is 0.393 e. The Morgan fingerprint density at radius 3 is 1.79 bits per heavy atom. The van der Waals surface area contributed by atoms with E-state index in [4.69, 9.17) is 9.47 Å². The van der Waals surface area contributed by atoms with E-state index in [1.807, 2.05) is 6.92 Å². The number of ether oxygens (including phenoxy) is 2. The lowest BCUT2D eigenvalue weighted by atomic mass is 9.59. The van der Waals surface area contributed by atoms with E-state index in [-0.39, 0.29) is 40.5 Å². The van der Waals surface area contributed by atoms with Crippen LogP contribution in [0, 0.1) is 40.4 Å². The van der Waals surface area contributed by atoms with E-state index >= 15 is 0 Å². The number of Topliss-reactive ketones (excluding diaryl/α,β-unsaturated/α-hetero) is 1. The van der Waals surface area contributed by atoms with Gasteiger partial charge in [-0.25, -0.2) is 0 Å². The summed E-state index contributed by atoms with van der Waals surface area (Å²) in [4.78, 5) is 13.2. The normalized spacial score (nSPS) is 35.7. The van der Waals surface area contributed by atoms with Crippen LogP contribution in [-0.2, 0) is 14.3 Å². The summed E-state index contributed by atoms with van der Waals surface area (Å²) in [7, 11) is 0. The average molecular weight is 679 g/mol. The van der Waals surface area contributed by atoms with E-state index in [9.17, 15) is 20.1 Å². The molecule has 0 aromatic rings. The summed E-state index contributed by atoms with van der Waals surface area (Å²) in [5, 5.41) is 31.3. The zero-order valence-corrected chi connectivity index (χ0v) is 33.2. The van der Waals surface area contributed by atoms with Crippen molar-refractivity contribution in [2.75, 3.05) is 0 Å². The molecule has 0 amide bonds. The maximum atomic E-state index is 13.2. The van der Waals surface area contributed by atoms with Crippen molar-refractivity contribution in [1.82, 2.24) is 0 Å². The van der Waals surface area contributed by atoms with E-state index in [0.29, 0.717) is 43.3 Å². The van der Waals surface area contributed by atoms with Crippen molar-refractivity contribution in [1.29, 1.82) is 0 Å². The first-order valence-electron chi connectivity index (χ1n) is 20.1. The number of fused-ring (bicyclic) bond motifs is 1. The molecular formula is C42H78O6. The molecule has 282 valence electrons. The number of unbranched alkanes of at least 4 members (excludes halogenated alkanes) is 1. The Morgan fingerprint density at radius 1 is 0.750 bits per heavy atom. The van der Waals surface area contributed by atoms with Crippen LogP contribution < -0.4 is 0 Å². The van der Waals surface area contributed by atoms with Gasteiger partial charge < -0.3 is 24.8 Å². The number of aliphatic hydroxyl groups excluding tert-OH is 2. The van der Waals surface area contributed by atoms with Crippen LogP contribution in [0.3, 0.4) is 0 Å². The molecule has 3 rings (SSSR count). The van der Waals surface area contributed by atoms with Crippen LogP contribution in [0.2, 0.25) is 0 Å². The highest BCUT2D eigenvalue weighted by atomic mass is 16.6. The Labute approximate surface area is 295 Å². The van der Waals surface area contributed by atoms with Crippen LogP contribution in [0.1, 0.15) is 185 Å². The van der Waals surface area contributed by atoms with Gasteiger partial charge in [-0.15, -0.1) is 0 Å². The Hall–Kier alpha value is -0.530. The van der Waals surface area contributed by atoms with Gasteiger partial charge in [-0.05, 0) is 81.0 Å². The second-order valence-electron chi connectivity index (χ2n) is 19.4. The van der Waals surface area contributed by atoms with E-state index < -0.39 is 17.5 Å². The van der Waals surface area contributed by atoms with Crippen molar-refractivity contribution < 1.29 is 29.6 Å². The minimum absolute atomic E-state index is 0.0163. The number of carbonyl (C=O) groups excluding carboxylic acids is 1. The molecule has 6 nitrogen and oxygen atoms in total. The van der Waals surface area contributed by atoms with Crippen LogP contribution in [0.5, 0.6) is 0 Å². The van der Waals surface area contributed by atoms with E-state index in [1.54, 1.807) is 6.92 Å². The predicted octanol–water partition coefficient (Wildman–Crippen LogP) is 9.79. The quantitative estimate of drug-likeness (QED) is 0.0635. The van der Waals surface area contributed by atoms with Crippen molar-refractivity contribution >= 4 is 5.78 Å². The van der Waals surface area contributed by atoms with Crippen LogP contribution in [-0.4, -0.2) is 56.4 Å². The standard InChI is InChI=1S/C42H78O6/c1-29(18-14-19-31(3)22-23-37-38(6,7)26-35(47-33(5)43)27-40(37,10)46)16-12-13-17-30(2)20-15-21-32(4)36(45)28-42-39(8,9)24-34(44)25-41(42,11)48-42/h29-35,37,43-44,46H,12-28H2,1-11H3/t29?,30?,31?,32?,33?,34-,35-,37-,40+,41+,42-/m0/s1. The molecule has 0 aromatic heterocycles. The second kappa shape index (κ2) is 16.9. The van der Waals surface area contributed by atoms with Gasteiger partial charge in [0.15, 0.2) is 6.29 Å². The number of carbonyl (C=O) groups is 1. The van der Waals surface area contributed by atoms with Crippen LogP contribution in [0.25, 0.3) is 0 Å². The van der Waals surface area contributed by atoms with Crippen molar-refractivity contribution in [3.05, 3.63) is 0 Å². The highest BCUT2D eigenvalue weighted by molar-refractivity contribution is 5.82. The molecule has 0 radical (unpaired) electrons. The number of hydrogen-bond acceptors (Lipinski definition) is 6. The first-order valence-corrected chi connectivity index (χ1v) is 20.1. The Balaban J connectivity index is 1.23. The summed E-state index contributed by atoms with van der Waals surface area (Å²) >= 11 is 0. The van der Waals surface area contributed by atoms with Gasteiger partial charge in [-0.2, -0.15) is 0 Å². The lowest BCUT2D eigenvalue weighted by Crippen LogP contribution is -2.52. The number of aliphatic hydroxyl groups is 3. The molecule has 2 aliphatic carbocycles. The van der Waals surface area contributed by atoms with Crippen LogP contribution >= 0.6 is 0 Å². The van der Waals surface area contributed by atoms with Crippen LogP contribution in [0.15, 0.2) is 0 Å². The molecule has 3 fully saturated rings. The first-order chi connectivity index (χ1) is 22.1. The SMILES string of the molecule is CC(CCCCC(C)CCCC(C)C(=O)C[C@@]12O[C@]1(C)C[C@@H](O)CC2(C)C)CCCC(C)CC[C@H]1C(C)(C)C[C@H](OC(C)O)C[C@@]1(C)O. The number of rotatable bonds is 21. The zero-order valence-electron chi connectivity index (χ0n) is 33.2. The fourth-order valence-corrected chi connectivity index (χ4v) is 10.5. The van der Waals surface area contributed by atoms with Gasteiger partial charge in [0.1, 0.15) is 11.4 Å². The van der Waals surface area contributed by atoms with Crippen molar-refractivity contribution in [3.63, 3.8) is 0 Å². The van der Waals surface area contributed by atoms with Crippen molar-refractivity contribution in [2.24, 2.45) is 40.4 Å². The molecule has 6 heteroatoms. The van der Waals surface area contributed by atoms with Gasteiger partial charge in [0.2, 0.25) is 0 Å². The van der Waals surface area contributed by atoms with Gasteiger partial charge in [0, 0.05) is 25.2 Å². The third-order valence-electron chi connectivity index (χ3n) is 13.4. The summed E-state index contributed by atoms with van der Waals surface area (Å²) in [5.41, 5.74) is -1.72. The van der Waals surface area contributed by atoms with Crippen molar-refractivity contribution in [3.8, 4) is 0 Å². The molecule has 0 bridgehead atoms. The van der Waals surface area contributed by atoms with Gasteiger partial charge in [0.25, 0.3) is 0 Å². The summed E-state index contributed by atoms with van der Waals surface area (Å²) in [6.07, 6.45) is 16.6. The first kappa shape index (κ1) is 41.9. The monoisotopic (exact) mass is 679 g/mol. The maximum Gasteiger partial charge on any atom is 0.152 e. The summed E-state index contributed by atoms with van der Waals surface area (Å²) < 4.78 is 12.0. The summed E-state index contributed by atoms with van der Waals surface area (Å²) in [6, 6.07) is 0. The topological polar surface area (TPSA) is 99.5 Å². The molecular weight excluding hydrogens is 600 g/mol. The highest BCUT2D eigenvalue weighted by Crippen LogP contribution is 2.67. The molecule has 48 heavy (non-hydrogen) atoms. The second-order valence-corrected chi connectivity index (χ2v) is 19.4. The molecule has 0 spiro atoms. The minimum atomic E-state index is -0.791. The summed E-state index contributed by atoms with van der Waals surface area (Å²) in [5.74, 6) is 2.81. The molecule has 1 saturated heterocycles. The molecule has 2 saturated carbocycles. The molecule has 3 aliphatic rings. The third-order valence-corrected chi connectivity index (χ3v) is 13.4. The Morgan fingerprint density at radius 2 is 1.27 bits per heavy atom. The molecule has 1 aliphatic heterocycles. The van der Waals surface area contributed by atoms with Crippen molar-refractivity contribution in [2.45, 2.75) is 221 Å². The predicted molar refractivity (Wildman–Crippen MR) is 197 cm³/mol. The maximum absolute atomic E-state index is 13.2. The number of ketones is 1. The summed E-state index contributed by atoms with van der Waals surface area (Å²) in [6.45, 7) is 23.8. The van der Waals surface area contributed by atoms with Gasteiger partial charge in [-0.3, -0.25) is 4.79 Å².